The molecule has 1 saturated heterocycles. The fraction of sp³-hybridized carbons (Fsp3) is 0.929. The average molecular weight is 254 g/mol. The van der Waals surface area contributed by atoms with E-state index in [1.165, 1.54) is 19.3 Å². The number of rotatable bonds is 4. The molecule has 2 aliphatic rings. The second-order valence-electron chi connectivity index (χ2n) is 6.10. The zero-order valence-corrected chi connectivity index (χ0v) is 11.7. The van der Waals surface area contributed by atoms with Crippen LogP contribution in [0.5, 0.6) is 0 Å². The molecule has 4 nitrogen and oxygen atoms in total. The van der Waals surface area contributed by atoms with E-state index in [1.54, 1.807) is 4.90 Å². The maximum Gasteiger partial charge on any atom is 0.224 e. The normalized spacial score (nSPS) is 25.6. The highest BCUT2D eigenvalue weighted by Gasteiger charge is 2.44. The van der Waals surface area contributed by atoms with Crippen LogP contribution in [0, 0.1) is 0 Å². The number of nitrogens with one attached hydrogen (secondary N) is 1. The summed E-state index contributed by atoms with van der Waals surface area (Å²) in [6.07, 6.45) is 7.23. The second kappa shape index (κ2) is 5.17. The molecule has 0 radical (unpaired) electrons. The van der Waals surface area contributed by atoms with Gasteiger partial charge in [0.1, 0.15) is 0 Å². The Kier molecular flexibility index (Phi) is 3.97. The average Bonchev–Trinajstić information content (AvgIpc) is 2.36. The lowest BCUT2D eigenvalue weighted by Gasteiger charge is -2.48. The highest BCUT2D eigenvalue weighted by molar-refractivity contribution is 5.78. The Balaban J connectivity index is 1.87. The number of carbonyl (C=O) groups is 1. The number of likely N-dealkylation sites (tertiary alicyclic amines) is 1. The molecule has 0 aromatic carbocycles. The Bertz CT molecular complexity index is 305. The van der Waals surface area contributed by atoms with Crippen LogP contribution in [0.4, 0.5) is 0 Å². The molecule has 1 amide bonds. The zero-order chi connectivity index (χ0) is 13.2. The zero-order valence-electron chi connectivity index (χ0n) is 11.7. The molecule has 1 aliphatic carbocycles. The molecule has 0 spiro atoms. The van der Waals surface area contributed by atoms with Crippen molar-refractivity contribution >= 4 is 5.91 Å². The fourth-order valence-electron chi connectivity index (χ4n) is 3.21. The maximum absolute atomic E-state index is 12.2. The summed E-state index contributed by atoms with van der Waals surface area (Å²) in [6.45, 7) is 3.00. The van der Waals surface area contributed by atoms with Crippen LogP contribution in [-0.4, -0.2) is 47.2 Å². The molecule has 0 unspecified atom stereocenters. The first-order valence-electron chi connectivity index (χ1n) is 7.22. The molecule has 0 aromatic heterocycles. The van der Waals surface area contributed by atoms with Gasteiger partial charge in [-0.05, 0) is 26.3 Å². The molecule has 1 heterocycles. The lowest BCUT2D eigenvalue weighted by molar-refractivity contribution is -0.157. The number of amides is 1. The maximum atomic E-state index is 12.2. The molecule has 0 aromatic rings. The molecule has 2 rings (SSSR count). The lowest BCUT2D eigenvalue weighted by Crippen LogP contribution is -2.64. The fourth-order valence-corrected chi connectivity index (χ4v) is 3.21. The van der Waals surface area contributed by atoms with Crippen LogP contribution < -0.4 is 5.32 Å². The van der Waals surface area contributed by atoms with E-state index in [0.717, 1.165) is 19.3 Å². The van der Waals surface area contributed by atoms with E-state index in [0.29, 0.717) is 19.5 Å². The van der Waals surface area contributed by atoms with E-state index in [9.17, 15) is 9.90 Å². The van der Waals surface area contributed by atoms with Crippen molar-refractivity contribution in [2.24, 2.45) is 0 Å². The monoisotopic (exact) mass is 254 g/mol. The van der Waals surface area contributed by atoms with Crippen molar-refractivity contribution in [2.45, 2.75) is 63.0 Å². The van der Waals surface area contributed by atoms with Crippen molar-refractivity contribution in [2.75, 3.05) is 20.1 Å². The number of hydrogen-bond acceptors (Lipinski definition) is 3. The molecule has 18 heavy (non-hydrogen) atoms. The summed E-state index contributed by atoms with van der Waals surface area (Å²) in [5.41, 5.74) is -0.607. The van der Waals surface area contributed by atoms with Gasteiger partial charge >= 0.3 is 0 Å². The van der Waals surface area contributed by atoms with Crippen LogP contribution in [0.3, 0.4) is 0 Å². The predicted molar refractivity (Wildman–Crippen MR) is 71.3 cm³/mol. The quantitative estimate of drug-likeness (QED) is 0.794. The van der Waals surface area contributed by atoms with Crippen molar-refractivity contribution < 1.29 is 9.90 Å². The van der Waals surface area contributed by atoms with Crippen LogP contribution in [0.25, 0.3) is 0 Å². The van der Waals surface area contributed by atoms with Gasteiger partial charge in [-0.25, -0.2) is 0 Å². The summed E-state index contributed by atoms with van der Waals surface area (Å²) in [5, 5.41) is 13.3. The van der Waals surface area contributed by atoms with E-state index in [1.807, 2.05) is 14.0 Å². The number of hydrogen-bond donors (Lipinski definition) is 2. The SMILES string of the molecule is CCC1(O)CN(C(=O)CC2(NC)CCCCC2)C1. The minimum atomic E-state index is -0.616. The predicted octanol–water partition coefficient (Wildman–Crippen LogP) is 1.28. The molecule has 0 atom stereocenters. The smallest absolute Gasteiger partial charge is 0.224 e. The molecule has 2 fully saturated rings. The van der Waals surface area contributed by atoms with Gasteiger partial charge in [0.2, 0.25) is 5.91 Å². The van der Waals surface area contributed by atoms with Gasteiger partial charge in [0.25, 0.3) is 0 Å². The van der Waals surface area contributed by atoms with E-state index in [2.05, 4.69) is 5.32 Å². The molecular weight excluding hydrogens is 228 g/mol. The van der Waals surface area contributed by atoms with Gasteiger partial charge in [-0.1, -0.05) is 26.2 Å². The number of nitrogens with zero attached hydrogens (tertiary/aromatic N) is 1. The van der Waals surface area contributed by atoms with E-state index >= 15 is 0 Å². The molecule has 104 valence electrons. The highest BCUT2D eigenvalue weighted by Crippen LogP contribution is 2.33. The van der Waals surface area contributed by atoms with E-state index < -0.39 is 5.60 Å². The van der Waals surface area contributed by atoms with Gasteiger partial charge in [-0.15, -0.1) is 0 Å². The number of aliphatic hydroxyl groups is 1. The summed E-state index contributed by atoms with van der Waals surface area (Å²) in [5.74, 6) is 0.198. The van der Waals surface area contributed by atoms with Gasteiger partial charge in [0.05, 0.1) is 18.7 Å². The third-order valence-corrected chi connectivity index (χ3v) is 4.81. The summed E-state index contributed by atoms with van der Waals surface area (Å²) in [4.78, 5) is 14.0. The number of β-amino-alcohol motifs (C(OH)–C–C–N with tert-alkyl or cyclic N) is 1. The molecule has 0 bridgehead atoms. The Morgan fingerprint density at radius 2 is 1.89 bits per heavy atom. The number of carbonyl (C=O) groups excluding carboxylic acids is 1. The van der Waals surface area contributed by atoms with Gasteiger partial charge in [0.15, 0.2) is 0 Å². The first kappa shape index (κ1) is 13.8. The summed E-state index contributed by atoms with van der Waals surface area (Å²) in [6, 6.07) is 0. The largest absolute Gasteiger partial charge is 0.386 e. The minimum absolute atomic E-state index is 0.00918. The topological polar surface area (TPSA) is 52.6 Å². The summed E-state index contributed by atoms with van der Waals surface area (Å²) in [7, 11) is 1.97. The molecular formula is C14H26N2O2. The first-order chi connectivity index (χ1) is 8.52. The van der Waals surface area contributed by atoms with Gasteiger partial charge in [-0.3, -0.25) is 4.79 Å². The van der Waals surface area contributed by atoms with Crippen molar-refractivity contribution in [3.63, 3.8) is 0 Å². The summed E-state index contributed by atoms with van der Waals surface area (Å²) < 4.78 is 0. The van der Waals surface area contributed by atoms with Crippen molar-refractivity contribution in [1.29, 1.82) is 0 Å². The van der Waals surface area contributed by atoms with Crippen LogP contribution in [0.1, 0.15) is 51.9 Å². The van der Waals surface area contributed by atoms with Gasteiger partial charge in [0, 0.05) is 12.0 Å². The Hall–Kier alpha value is -0.610. The van der Waals surface area contributed by atoms with Crippen molar-refractivity contribution in [3.05, 3.63) is 0 Å². The van der Waals surface area contributed by atoms with Crippen molar-refractivity contribution in [3.8, 4) is 0 Å². The highest BCUT2D eigenvalue weighted by atomic mass is 16.3. The third-order valence-electron chi connectivity index (χ3n) is 4.81. The Morgan fingerprint density at radius 1 is 1.28 bits per heavy atom. The molecule has 4 heteroatoms. The minimum Gasteiger partial charge on any atom is -0.386 e. The lowest BCUT2D eigenvalue weighted by atomic mass is 9.78. The molecule has 1 saturated carbocycles. The molecule has 2 N–H and O–H groups in total. The molecule has 1 aliphatic heterocycles. The van der Waals surface area contributed by atoms with Gasteiger partial charge < -0.3 is 15.3 Å². The summed E-state index contributed by atoms with van der Waals surface area (Å²) >= 11 is 0. The van der Waals surface area contributed by atoms with E-state index in [-0.39, 0.29) is 11.4 Å². The van der Waals surface area contributed by atoms with Crippen LogP contribution in [-0.2, 0) is 4.79 Å². The second-order valence-corrected chi connectivity index (χ2v) is 6.10. The van der Waals surface area contributed by atoms with Crippen LogP contribution in [0.15, 0.2) is 0 Å². The Morgan fingerprint density at radius 3 is 2.39 bits per heavy atom. The van der Waals surface area contributed by atoms with Crippen LogP contribution in [0.2, 0.25) is 0 Å². The third kappa shape index (κ3) is 2.69. The van der Waals surface area contributed by atoms with E-state index in [4.69, 9.17) is 0 Å². The van der Waals surface area contributed by atoms with Crippen LogP contribution >= 0.6 is 0 Å². The van der Waals surface area contributed by atoms with Gasteiger partial charge in [-0.2, -0.15) is 0 Å². The standard InChI is InChI=1S/C14H26N2O2/c1-3-14(18)10-16(11-14)12(17)9-13(15-2)7-5-4-6-8-13/h15,18H,3-11H2,1-2H3. The Labute approximate surface area is 110 Å². The van der Waals surface area contributed by atoms with Crippen molar-refractivity contribution in [1.82, 2.24) is 10.2 Å². The first-order valence-corrected chi connectivity index (χ1v) is 7.22.